The Morgan fingerprint density at radius 3 is 2.39 bits per heavy atom. The summed E-state index contributed by atoms with van der Waals surface area (Å²) in [7, 11) is 1.51. The Morgan fingerprint density at radius 2 is 1.76 bits per heavy atom. The highest BCUT2D eigenvalue weighted by molar-refractivity contribution is 7.09. The van der Waals surface area contributed by atoms with Crippen molar-refractivity contribution in [2.75, 3.05) is 25.5 Å². The van der Waals surface area contributed by atoms with Crippen LogP contribution < -0.4 is 5.32 Å². The van der Waals surface area contributed by atoms with E-state index >= 15 is 0 Å². The SMILES string of the molecule is Cc1cccc(C)c1NC(=O)CN(C)C(=O)COC(=O)c1cc(C)n(Cc2cccs2)c1C. The normalized spacial score (nSPS) is 10.7. The lowest BCUT2D eigenvalue weighted by Gasteiger charge is -2.18. The van der Waals surface area contributed by atoms with Crippen LogP contribution in [-0.4, -0.2) is 47.4 Å². The molecule has 0 bridgehead atoms. The van der Waals surface area contributed by atoms with Crippen LogP contribution in [0.4, 0.5) is 5.69 Å². The number of nitrogens with one attached hydrogen (secondary N) is 1. The maximum Gasteiger partial charge on any atom is 0.340 e. The number of aryl methyl sites for hydroxylation is 3. The maximum atomic E-state index is 12.6. The van der Waals surface area contributed by atoms with Crippen LogP contribution in [0.2, 0.25) is 0 Å². The monoisotopic (exact) mass is 467 g/mol. The number of nitrogens with zero attached hydrogens (tertiary/aromatic N) is 2. The van der Waals surface area contributed by atoms with Crippen LogP contribution in [0.3, 0.4) is 0 Å². The van der Waals surface area contributed by atoms with Gasteiger partial charge in [0.2, 0.25) is 5.91 Å². The quantitative estimate of drug-likeness (QED) is 0.506. The van der Waals surface area contributed by atoms with Crippen LogP contribution in [0, 0.1) is 27.7 Å². The number of rotatable bonds is 8. The van der Waals surface area contributed by atoms with Gasteiger partial charge in [-0.15, -0.1) is 11.3 Å². The van der Waals surface area contributed by atoms with E-state index in [2.05, 4.69) is 5.32 Å². The van der Waals surface area contributed by atoms with Crippen molar-refractivity contribution in [3.05, 3.63) is 74.7 Å². The average molecular weight is 468 g/mol. The Kier molecular flexibility index (Phi) is 7.71. The van der Waals surface area contributed by atoms with E-state index in [1.54, 1.807) is 17.4 Å². The molecule has 3 rings (SSSR count). The second kappa shape index (κ2) is 10.5. The first-order chi connectivity index (χ1) is 15.7. The number of aromatic nitrogens is 1. The summed E-state index contributed by atoms with van der Waals surface area (Å²) in [5.41, 5.74) is 4.81. The molecule has 0 saturated carbocycles. The first-order valence-electron chi connectivity index (χ1n) is 10.6. The molecule has 0 fully saturated rings. The van der Waals surface area contributed by atoms with Crippen LogP contribution in [0.1, 0.15) is 37.7 Å². The number of hydrogen-bond donors (Lipinski definition) is 1. The molecule has 1 N–H and O–H groups in total. The molecule has 2 amide bonds. The zero-order chi connectivity index (χ0) is 24.1. The topological polar surface area (TPSA) is 80.6 Å². The summed E-state index contributed by atoms with van der Waals surface area (Å²) in [5, 5.41) is 4.86. The van der Waals surface area contributed by atoms with E-state index < -0.39 is 18.5 Å². The van der Waals surface area contributed by atoms with Gasteiger partial charge in [0.1, 0.15) is 0 Å². The molecule has 0 spiro atoms. The van der Waals surface area contributed by atoms with Gasteiger partial charge in [-0.1, -0.05) is 24.3 Å². The summed E-state index contributed by atoms with van der Waals surface area (Å²) in [6.45, 7) is 7.73. The Hall–Kier alpha value is -3.39. The van der Waals surface area contributed by atoms with Crippen LogP contribution in [-0.2, 0) is 20.9 Å². The van der Waals surface area contributed by atoms with Gasteiger partial charge in [-0.3, -0.25) is 9.59 Å². The number of anilines is 1. The summed E-state index contributed by atoms with van der Waals surface area (Å²) in [6, 6.07) is 11.6. The number of ether oxygens (including phenoxy) is 1. The highest BCUT2D eigenvalue weighted by atomic mass is 32.1. The van der Waals surface area contributed by atoms with Crippen LogP contribution >= 0.6 is 11.3 Å². The Balaban J connectivity index is 1.54. The number of carbonyl (C=O) groups is 3. The molecular formula is C25H29N3O4S. The fourth-order valence-electron chi connectivity index (χ4n) is 3.62. The zero-order valence-corrected chi connectivity index (χ0v) is 20.4. The summed E-state index contributed by atoms with van der Waals surface area (Å²) >= 11 is 1.66. The molecule has 0 aliphatic carbocycles. The molecule has 0 aliphatic heterocycles. The third kappa shape index (κ3) is 5.90. The molecule has 3 aromatic rings. The van der Waals surface area contributed by atoms with E-state index in [0.717, 1.165) is 28.2 Å². The molecule has 0 radical (unpaired) electrons. The fraction of sp³-hybridized carbons (Fsp3) is 0.320. The van der Waals surface area contributed by atoms with Gasteiger partial charge in [-0.2, -0.15) is 0 Å². The third-order valence-electron chi connectivity index (χ3n) is 5.57. The average Bonchev–Trinajstić information content (AvgIpc) is 3.38. The fourth-order valence-corrected chi connectivity index (χ4v) is 4.31. The minimum absolute atomic E-state index is 0.139. The number of esters is 1. The van der Waals surface area contributed by atoms with Gasteiger partial charge in [-0.25, -0.2) is 4.79 Å². The largest absolute Gasteiger partial charge is 0.452 e. The van der Waals surface area contributed by atoms with E-state index in [4.69, 9.17) is 4.74 Å². The first kappa shape index (κ1) is 24.3. The zero-order valence-electron chi connectivity index (χ0n) is 19.6. The van der Waals surface area contributed by atoms with Crippen LogP contribution in [0.15, 0.2) is 41.8 Å². The lowest BCUT2D eigenvalue weighted by molar-refractivity contribution is -0.136. The molecule has 1 aromatic carbocycles. The molecule has 174 valence electrons. The van der Waals surface area contributed by atoms with E-state index in [1.165, 1.54) is 16.8 Å². The Morgan fingerprint density at radius 1 is 1.06 bits per heavy atom. The van der Waals surface area contributed by atoms with Crippen LogP contribution in [0.5, 0.6) is 0 Å². The van der Waals surface area contributed by atoms with Gasteiger partial charge in [0.25, 0.3) is 5.91 Å². The number of hydrogen-bond acceptors (Lipinski definition) is 5. The van der Waals surface area contributed by atoms with Crippen LogP contribution in [0.25, 0.3) is 0 Å². The van der Waals surface area contributed by atoms with Gasteiger partial charge < -0.3 is 19.5 Å². The molecule has 2 heterocycles. The van der Waals surface area contributed by atoms with Crippen molar-refractivity contribution in [1.82, 2.24) is 9.47 Å². The smallest absolute Gasteiger partial charge is 0.340 e. The van der Waals surface area contributed by atoms with Gasteiger partial charge >= 0.3 is 5.97 Å². The molecule has 0 aliphatic rings. The predicted octanol–water partition coefficient (Wildman–Crippen LogP) is 4.09. The van der Waals surface area contributed by atoms with Gasteiger partial charge in [0, 0.05) is 29.0 Å². The third-order valence-corrected chi connectivity index (χ3v) is 6.43. The summed E-state index contributed by atoms with van der Waals surface area (Å²) < 4.78 is 7.31. The molecule has 0 saturated heterocycles. The second-order valence-electron chi connectivity index (χ2n) is 8.09. The van der Waals surface area contributed by atoms with E-state index in [9.17, 15) is 14.4 Å². The van der Waals surface area contributed by atoms with Gasteiger partial charge in [-0.05, 0) is 56.3 Å². The highest BCUT2D eigenvalue weighted by Crippen LogP contribution is 2.21. The highest BCUT2D eigenvalue weighted by Gasteiger charge is 2.20. The van der Waals surface area contributed by atoms with Crippen molar-refractivity contribution in [3.8, 4) is 0 Å². The number of benzene rings is 1. The lowest BCUT2D eigenvalue weighted by atomic mass is 10.1. The molecule has 33 heavy (non-hydrogen) atoms. The number of likely N-dealkylation sites (N-methyl/N-ethyl adjacent to an activating group) is 1. The molecule has 8 heteroatoms. The van der Waals surface area contributed by atoms with E-state index in [0.29, 0.717) is 12.1 Å². The summed E-state index contributed by atoms with van der Waals surface area (Å²) in [5.74, 6) is -1.32. The minimum Gasteiger partial charge on any atom is -0.452 e. The van der Waals surface area contributed by atoms with Crippen molar-refractivity contribution >= 4 is 34.8 Å². The lowest BCUT2D eigenvalue weighted by Crippen LogP contribution is -2.37. The van der Waals surface area contributed by atoms with Crippen molar-refractivity contribution in [1.29, 1.82) is 0 Å². The maximum absolute atomic E-state index is 12.6. The van der Waals surface area contributed by atoms with Crippen molar-refractivity contribution < 1.29 is 19.1 Å². The van der Waals surface area contributed by atoms with Crippen molar-refractivity contribution in [2.45, 2.75) is 34.2 Å². The van der Waals surface area contributed by atoms with E-state index in [1.807, 2.05) is 68.0 Å². The summed E-state index contributed by atoms with van der Waals surface area (Å²) in [6.07, 6.45) is 0. The van der Waals surface area contributed by atoms with Gasteiger partial charge in [0.15, 0.2) is 6.61 Å². The Bertz CT molecular complexity index is 1140. The molecule has 0 unspecified atom stereocenters. The molecule has 7 nitrogen and oxygen atoms in total. The Labute approximate surface area is 198 Å². The molecule has 0 atom stereocenters. The predicted molar refractivity (Wildman–Crippen MR) is 130 cm³/mol. The summed E-state index contributed by atoms with van der Waals surface area (Å²) in [4.78, 5) is 39.9. The van der Waals surface area contributed by atoms with Crippen molar-refractivity contribution in [3.63, 3.8) is 0 Å². The first-order valence-corrected chi connectivity index (χ1v) is 11.5. The van der Waals surface area contributed by atoms with Crippen molar-refractivity contribution in [2.24, 2.45) is 0 Å². The number of carbonyl (C=O) groups excluding carboxylic acids is 3. The molecule has 2 aromatic heterocycles. The molecular weight excluding hydrogens is 438 g/mol. The van der Waals surface area contributed by atoms with Gasteiger partial charge in [0.05, 0.1) is 18.7 Å². The standard InChI is InChI=1S/C25H29N3O4S/c1-16-8-6-9-17(2)24(16)26-22(29)14-27(5)23(30)15-32-25(31)21-12-18(3)28(19(21)4)13-20-10-7-11-33-20/h6-12H,13-15H2,1-5H3,(H,26,29). The minimum atomic E-state index is -0.553. The number of amides is 2. The number of para-hydroxylation sites is 1. The second-order valence-corrected chi connectivity index (χ2v) is 9.12. The van der Waals surface area contributed by atoms with E-state index in [-0.39, 0.29) is 12.5 Å². The number of thiophene rings is 1.